The minimum Gasteiger partial charge on any atom is -0.454 e. The van der Waals surface area contributed by atoms with E-state index < -0.39 is 17.2 Å². The summed E-state index contributed by atoms with van der Waals surface area (Å²) in [6, 6.07) is 9.48. The summed E-state index contributed by atoms with van der Waals surface area (Å²) in [5, 5.41) is 2.81. The van der Waals surface area contributed by atoms with Crippen molar-refractivity contribution < 1.29 is 18.7 Å². The Morgan fingerprint density at radius 3 is 2.92 bits per heavy atom. The molecule has 0 atom stereocenters. The lowest BCUT2D eigenvalue weighted by Crippen LogP contribution is -2.28. The molecular weight excluding hydrogens is 327 g/mol. The largest absolute Gasteiger partial charge is 0.454 e. The zero-order chi connectivity index (χ0) is 17.4. The van der Waals surface area contributed by atoms with Crippen molar-refractivity contribution in [2.24, 2.45) is 0 Å². The molecule has 126 valence electrons. The molecule has 1 aromatic heterocycles. The van der Waals surface area contributed by atoms with Crippen LogP contribution in [-0.4, -0.2) is 17.7 Å². The number of nitrogens with one attached hydrogen (secondary N) is 2. The average Bonchev–Trinajstić information content (AvgIpc) is 3.08. The summed E-state index contributed by atoms with van der Waals surface area (Å²) in [5.74, 6) is 0.195. The molecule has 2 N–H and O–H groups in total. The molecule has 0 saturated carbocycles. The SMILES string of the molecule is O=C(NCc1ccc2c(c1)OCO2)c1c[nH]c2c(F)cccc2c1=O. The first-order valence-electron chi connectivity index (χ1n) is 7.60. The topological polar surface area (TPSA) is 80.4 Å². The third-order valence-electron chi connectivity index (χ3n) is 4.00. The summed E-state index contributed by atoms with van der Waals surface area (Å²) in [6.07, 6.45) is 1.22. The number of benzene rings is 2. The number of para-hydroxylation sites is 1. The van der Waals surface area contributed by atoms with Gasteiger partial charge >= 0.3 is 0 Å². The quantitative estimate of drug-likeness (QED) is 0.767. The number of carbonyl (C=O) groups excluding carboxylic acids is 1. The fraction of sp³-hybridized carbons (Fsp3) is 0.111. The van der Waals surface area contributed by atoms with Gasteiger partial charge in [-0.05, 0) is 29.8 Å². The Kier molecular flexibility index (Phi) is 3.61. The standard InChI is InChI=1S/C18H13FN2O4/c19-13-3-1-2-11-16(13)20-8-12(17(11)22)18(23)21-7-10-4-5-14-15(6-10)25-9-24-14/h1-6,8H,7,9H2,(H,20,22)(H,21,23). The van der Waals surface area contributed by atoms with Crippen LogP contribution >= 0.6 is 0 Å². The smallest absolute Gasteiger partial charge is 0.257 e. The third kappa shape index (κ3) is 2.69. The summed E-state index contributed by atoms with van der Waals surface area (Å²) in [4.78, 5) is 27.4. The van der Waals surface area contributed by atoms with Gasteiger partial charge in [-0.1, -0.05) is 12.1 Å². The molecule has 2 heterocycles. The molecule has 1 aliphatic heterocycles. The molecule has 3 aromatic rings. The van der Waals surface area contributed by atoms with E-state index >= 15 is 0 Å². The maximum atomic E-state index is 13.7. The maximum Gasteiger partial charge on any atom is 0.257 e. The van der Waals surface area contributed by atoms with Gasteiger partial charge in [-0.2, -0.15) is 0 Å². The molecule has 1 aliphatic rings. The number of hydrogen-bond acceptors (Lipinski definition) is 4. The van der Waals surface area contributed by atoms with Crippen LogP contribution < -0.4 is 20.2 Å². The number of hydrogen-bond donors (Lipinski definition) is 2. The Balaban J connectivity index is 1.56. The fourth-order valence-corrected chi connectivity index (χ4v) is 2.71. The molecule has 0 bridgehead atoms. The van der Waals surface area contributed by atoms with Crippen LogP contribution in [0.5, 0.6) is 11.5 Å². The van der Waals surface area contributed by atoms with E-state index in [4.69, 9.17) is 9.47 Å². The van der Waals surface area contributed by atoms with Crippen LogP contribution in [0.4, 0.5) is 4.39 Å². The summed E-state index contributed by atoms with van der Waals surface area (Å²) < 4.78 is 24.2. The fourth-order valence-electron chi connectivity index (χ4n) is 2.71. The number of pyridine rings is 1. The van der Waals surface area contributed by atoms with E-state index in [0.717, 1.165) is 5.56 Å². The molecule has 0 unspecified atom stereocenters. The molecule has 7 heteroatoms. The molecule has 0 radical (unpaired) electrons. The third-order valence-corrected chi connectivity index (χ3v) is 4.00. The Morgan fingerprint density at radius 2 is 2.04 bits per heavy atom. The lowest BCUT2D eigenvalue weighted by atomic mass is 10.1. The van der Waals surface area contributed by atoms with Crippen LogP contribution in [0.1, 0.15) is 15.9 Å². The first kappa shape index (κ1) is 15.2. The second-order valence-corrected chi connectivity index (χ2v) is 5.56. The number of halogens is 1. The van der Waals surface area contributed by atoms with E-state index in [1.165, 1.54) is 24.4 Å². The van der Waals surface area contributed by atoms with Gasteiger partial charge < -0.3 is 19.8 Å². The molecule has 25 heavy (non-hydrogen) atoms. The molecule has 0 fully saturated rings. The van der Waals surface area contributed by atoms with Gasteiger partial charge in [0.05, 0.1) is 5.52 Å². The van der Waals surface area contributed by atoms with Crippen LogP contribution in [0, 0.1) is 5.82 Å². The maximum absolute atomic E-state index is 13.7. The molecule has 4 rings (SSSR count). The van der Waals surface area contributed by atoms with Crippen molar-refractivity contribution in [2.75, 3.05) is 6.79 Å². The van der Waals surface area contributed by atoms with Crippen molar-refractivity contribution >= 4 is 16.8 Å². The van der Waals surface area contributed by atoms with Crippen LogP contribution in [0.3, 0.4) is 0 Å². The van der Waals surface area contributed by atoms with E-state index in [0.29, 0.717) is 11.5 Å². The second-order valence-electron chi connectivity index (χ2n) is 5.56. The minimum atomic E-state index is -0.540. The Labute approximate surface area is 141 Å². The van der Waals surface area contributed by atoms with Crippen LogP contribution in [0.25, 0.3) is 10.9 Å². The zero-order valence-electron chi connectivity index (χ0n) is 13.0. The number of fused-ring (bicyclic) bond motifs is 2. The van der Waals surface area contributed by atoms with Gasteiger partial charge in [0.25, 0.3) is 5.91 Å². The highest BCUT2D eigenvalue weighted by Gasteiger charge is 2.16. The molecular formula is C18H13FN2O4. The number of ether oxygens (including phenoxy) is 2. The van der Waals surface area contributed by atoms with Crippen molar-refractivity contribution in [3.63, 3.8) is 0 Å². The summed E-state index contributed by atoms with van der Waals surface area (Å²) in [7, 11) is 0. The number of aromatic nitrogens is 1. The predicted molar refractivity (Wildman–Crippen MR) is 88.3 cm³/mol. The van der Waals surface area contributed by atoms with Gasteiger partial charge in [-0.25, -0.2) is 4.39 Å². The molecule has 6 nitrogen and oxygen atoms in total. The monoisotopic (exact) mass is 340 g/mol. The van der Waals surface area contributed by atoms with Crippen molar-refractivity contribution in [2.45, 2.75) is 6.54 Å². The van der Waals surface area contributed by atoms with Gasteiger partial charge in [0, 0.05) is 18.1 Å². The zero-order valence-corrected chi connectivity index (χ0v) is 13.0. The second kappa shape index (κ2) is 5.94. The number of rotatable bonds is 3. The Morgan fingerprint density at radius 1 is 1.20 bits per heavy atom. The van der Waals surface area contributed by atoms with Crippen LogP contribution in [0.2, 0.25) is 0 Å². The van der Waals surface area contributed by atoms with E-state index in [9.17, 15) is 14.0 Å². The van der Waals surface area contributed by atoms with E-state index in [1.807, 2.05) is 0 Å². The van der Waals surface area contributed by atoms with Crippen molar-refractivity contribution in [3.05, 3.63) is 69.8 Å². The van der Waals surface area contributed by atoms with Gasteiger partial charge in [0.15, 0.2) is 11.5 Å². The van der Waals surface area contributed by atoms with E-state index in [2.05, 4.69) is 10.3 Å². The number of amides is 1. The highest BCUT2D eigenvalue weighted by molar-refractivity contribution is 5.97. The van der Waals surface area contributed by atoms with Gasteiger partial charge in [0.2, 0.25) is 12.2 Å². The number of carbonyl (C=O) groups is 1. The highest BCUT2D eigenvalue weighted by Crippen LogP contribution is 2.32. The minimum absolute atomic E-state index is 0.0705. The predicted octanol–water partition coefficient (Wildman–Crippen LogP) is 2.33. The molecule has 2 aromatic carbocycles. The first-order chi connectivity index (χ1) is 12.1. The molecule has 0 spiro atoms. The molecule has 0 saturated heterocycles. The highest BCUT2D eigenvalue weighted by atomic mass is 19.1. The first-order valence-corrected chi connectivity index (χ1v) is 7.60. The van der Waals surface area contributed by atoms with Gasteiger partial charge in [-0.3, -0.25) is 9.59 Å². The number of H-pyrrole nitrogens is 1. The Hall–Kier alpha value is -3.35. The summed E-state index contributed by atoms with van der Waals surface area (Å²) >= 11 is 0. The number of aromatic amines is 1. The van der Waals surface area contributed by atoms with E-state index in [1.54, 1.807) is 18.2 Å². The van der Waals surface area contributed by atoms with Gasteiger partial charge in [-0.15, -0.1) is 0 Å². The Bertz CT molecular complexity index is 1040. The van der Waals surface area contributed by atoms with Crippen molar-refractivity contribution in [3.8, 4) is 11.5 Å². The van der Waals surface area contributed by atoms with Crippen molar-refractivity contribution in [1.29, 1.82) is 0 Å². The van der Waals surface area contributed by atoms with Crippen LogP contribution in [-0.2, 0) is 6.54 Å². The van der Waals surface area contributed by atoms with Crippen molar-refractivity contribution in [1.82, 2.24) is 10.3 Å². The molecule has 1 amide bonds. The lowest BCUT2D eigenvalue weighted by Gasteiger charge is -2.07. The van der Waals surface area contributed by atoms with Gasteiger partial charge in [0.1, 0.15) is 11.4 Å². The summed E-state index contributed by atoms with van der Waals surface area (Å²) in [5.41, 5.74) is 0.302. The van der Waals surface area contributed by atoms with Crippen LogP contribution in [0.15, 0.2) is 47.4 Å². The average molecular weight is 340 g/mol. The summed E-state index contributed by atoms with van der Waals surface area (Å²) in [6.45, 7) is 0.393. The normalized spacial score (nSPS) is 12.4. The van der Waals surface area contributed by atoms with E-state index in [-0.39, 0.29) is 29.8 Å². The molecule has 0 aliphatic carbocycles. The lowest BCUT2D eigenvalue weighted by molar-refractivity contribution is 0.0949.